The minimum atomic E-state index is -1.12. The van der Waals surface area contributed by atoms with Crippen LogP contribution in [-0.4, -0.2) is 48.6 Å². The number of hydrogen-bond acceptors (Lipinski definition) is 3. The van der Waals surface area contributed by atoms with Crippen molar-refractivity contribution in [1.82, 2.24) is 10.2 Å². The molecule has 7 nitrogen and oxygen atoms in total. The number of anilines is 1. The first kappa shape index (κ1) is 15.5. The number of carboxylic acid groups (broad SMARTS) is 1. The Balaban J connectivity index is 2.74. The van der Waals surface area contributed by atoms with Crippen LogP contribution in [-0.2, 0) is 4.79 Å². The zero-order valence-corrected chi connectivity index (χ0v) is 11.6. The molecular weight excluding hydrogens is 262 g/mol. The number of benzene rings is 1. The monoisotopic (exact) mass is 279 g/mol. The lowest BCUT2D eigenvalue weighted by atomic mass is 10.1. The number of carboxylic acids is 1. The molecule has 3 amide bonds. The molecule has 1 rings (SSSR count). The maximum Gasteiger partial charge on any atom is 0.338 e. The van der Waals surface area contributed by atoms with E-state index in [-0.39, 0.29) is 23.7 Å². The van der Waals surface area contributed by atoms with Gasteiger partial charge in [-0.05, 0) is 18.6 Å². The lowest BCUT2D eigenvalue weighted by Gasteiger charge is -2.13. The van der Waals surface area contributed by atoms with E-state index in [9.17, 15) is 14.4 Å². The van der Waals surface area contributed by atoms with Gasteiger partial charge in [0.05, 0.1) is 17.8 Å². The first-order valence-corrected chi connectivity index (χ1v) is 5.91. The SMILES string of the molecule is Cc1cccc(NC(=O)NCC(=O)N(C)C)c1C(=O)O. The predicted octanol–water partition coefficient (Wildman–Crippen LogP) is 0.903. The molecule has 0 radical (unpaired) electrons. The molecule has 1 aromatic carbocycles. The molecule has 7 heteroatoms. The fourth-order valence-corrected chi connectivity index (χ4v) is 1.54. The maximum absolute atomic E-state index is 11.6. The summed E-state index contributed by atoms with van der Waals surface area (Å²) in [5.41, 5.74) is 0.758. The number of urea groups is 1. The molecule has 3 N–H and O–H groups in total. The largest absolute Gasteiger partial charge is 0.478 e. The van der Waals surface area contributed by atoms with Crippen molar-refractivity contribution in [1.29, 1.82) is 0 Å². The number of nitrogens with zero attached hydrogens (tertiary/aromatic N) is 1. The lowest BCUT2D eigenvalue weighted by Crippen LogP contribution is -2.38. The van der Waals surface area contributed by atoms with Crippen molar-refractivity contribution < 1.29 is 19.5 Å². The van der Waals surface area contributed by atoms with Crippen LogP contribution in [0.4, 0.5) is 10.5 Å². The number of carbonyl (C=O) groups excluding carboxylic acids is 2. The number of hydrogen-bond donors (Lipinski definition) is 3. The number of nitrogens with one attached hydrogen (secondary N) is 2. The first-order valence-electron chi connectivity index (χ1n) is 5.91. The second-order valence-electron chi connectivity index (χ2n) is 4.40. The van der Waals surface area contributed by atoms with Gasteiger partial charge in [0.15, 0.2) is 0 Å². The summed E-state index contributed by atoms with van der Waals surface area (Å²) in [7, 11) is 3.15. The van der Waals surface area contributed by atoms with Crippen LogP contribution in [0.15, 0.2) is 18.2 Å². The average Bonchev–Trinajstić information content (AvgIpc) is 2.35. The van der Waals surface area contributed by atoms with Crippen molar-refractivity contribution in [3.63, 3.8) is 0 Å². The van der Waals surface area contributed by atoms with E-state index in [1.54, 1.807) is 33.2 Å². The van der Waals surface area contributed by atoms with Gasteiger partial charge in [-0.2, -0.15) is 0 Å². The summed E-state index contributed by atoms with van der Waals surface area (Å²) in [6, 6.07) is 4.14. The van der Waals surface area contributed by atoms with Crippen molar-refractivity contribution in [3.05, 3.63) is 29.3 Å². The Bertz CT molecular complexity index is 540. The maximum atomic E-state index is 11.6. The Morgan fingerprint density at radius 3 is 2.45 bits per heavy atom. The molecule has 0 saturated heterocycles. The van der Waals surface area contributed by atoms with Gasteiger partial charge in [-0.25, -0.2) is 9.59 Å². The molecule has 20 heavy (non-hydrogen) atoms. The number of carbonyl (C=O) groups is 3. The zero-order chi connectivity index (χ0) is 15.3. The summed E-state index contributed by atoms with van der Waals surface area (Å²) < 4.78 is 0. The van der Waals surface area contributed by atoms with Gasteiger partial charge in [-0.15, -0.1) is 0 Å². The molecule has 0 unspecified atom stereocenters. The lowest BCUT2D eigenvalue weighted by molar-refractivity contribution is -0.127. The second-order valence-corrected chi connectivity index (χ2v) is 4.40. The van der Waals surface area contributed by atoms with E-state index < -0.39 is 12.0 Å². The number of aryl methyl sites for hydroxylation is 1. The normalized spacial score (nSPS) is 9.75. The van der Waals surface area contributed by atoms with Crippen LogP contribution in [0.25, 0.3) is 0 Å². The number of likely N-dealkylation sites (N-methyl/N-ethyl adjacent to an activating group) is 1. The summed E-state index contributed by atoms with van der Waals surface area (Å²) >= 11 is 0. The van der Waals surface area contributed by atoms with Crippen LogP contribution in [0.3, 0.4) is 0 Å². The van der Waals surface area contributed by atoms with Crippen LogP contribution in [0.2, 0.25) is 0 Å². The van der Waals surface area contributed by atoms with Crippen molar-refractivity contribution in [2.24, 2.45) is 0 Å². The molecule has 0 aliphatic heterocycles. The molecule has 0 fully saturated rings. The smallest absolute Gasteiger partial charge is 0.338 e. The first-order chi connectivity index (χ1) is 9.32. The molecule has 0 bridgehead atoms. The van der Waals surface area contributed by atoms with Crippen LogP contribution < -0.4 is 10.6 Å². The molecule has 0 atom stereocenters. The second kappa shape index (κ2) is 6.55. The minimum Gasteiger partial charge on any atom is -0.478 e. The molecule has 1 aromatic rings. The van der Waals surface area contributed by atoms with Crippen LogP contribution in [0.5, 0.6) is 0 Å². The number of aromatic carboxylic acids is 1. The Morgan fingerprint density at radius 1 is 1.25 bits per heavy atom. The van der Waals surface area contributed by atoms with Crippen molar-refractivity contribution in [2.45, 2.75) is 6.92 Å². The van der Waals surface area contributed by atoms with Gasteiger partial charge in [-0.1, -0.05) is 12.1 Å². The van der Waals surface area contributed by atoms with Crippen molar-refractivity contribution in [3.8, 4) is 0 Å². The zero-order valence-electron chi connectivity index (χ0n) is 11.6. The fraction of sp³-hybridized carbons (Fsp3) is 0.308. The van der Waals surface area contributed by atoms with E-state index in [1.165, 1.54) is 11.0 Å². The average molecular weight is 279 g/mol. The molecular formula is C13H17N3O4. The van der Waals surface area contributed by atoms with E-state index in [4.69, 9.17) is 5.11 Å². The van der Waals surface area contributed by atoms with Crippen molar-refractivity contribution in [2.75, 3.05) is 26.0 Å². The topological polar surface area (TPSA) is 98.7 Å². The minimum absolute atomic E-state index is 0.0292. The van der Waals surface area contributed by atoms with Gasteiger partial charge >= 0.3 is 12.0 Å². The van der Waals surface area contributed by atoms with Crippen LogP contribution in [0.1, 0.15) is 15.9 Å². The highest BCUT2D eigenvalue weighted by atomic mass is 16.4. The van der Waals surface area contributed by atoms with E-state index in [1.807, 2.05) is 0 Å². The predicted molar refractivity (Wildman–Crippen MR) is 73.9 cm³/mol. The van der Waals surface area contributed by atoms with Gasteiger partial charge < -0.3 is 20.6 Å². The third-order valence-electron chi connectivity index (χ3n) is 2.63. The third-order valence-corrected chi connectivity index (χ3v) is 2.63. The van der Waals surface area contributed by atoms with E-state index in [0.717, 1.165) is 0 Å². The standard InChI is InChI=1S/C13H17N3O4/c1-8-5-4-6-9(11(8)12(18)19)15-13(20)14-7-10(17)16(2)3/h4-6H,7H2,1-3H3,(H,18,19)(H2,14,15,20). The Labute approximate surface area is 116 Å². The number of rotatable bonds is 4. The Kier molecular flexibility index (Phi) is 5.08. The molecule has 0 aliphatic carbocycles. The van der Waals surface area contributed by atoms with Gasteiger partial charge in [-0.3, -0.25) is 4.79 Å². The molecule has 0 heterocycles. The number of amides is 3. The molecule has 0 saturated carbocycles. The van der Waals surface area contributed by atoms with Crippen molar-refractivity contribution >= 4 is 23.6 Å². The highest BCUT2D eigenvalue weighted by molar-refractivity contribution is 6.01. The highest BCUT2D eigenvalue weighted by Gasteiger charge is 2.15. The molecule has 108 valence electrons. The molecule has 0 spiro atoms. The van der Waals surface area contributed by atoms with Crippen LogP contribution in [0, 0.1) is 6.92 Å². The quantitative estimate of drug-likeness (QED) is 0.762. The van der Waals surface area contributed by atoms with E-state index in [0.29, 0.717) is 5.56 Å². The third kappa shape index (κ3) is 3.98. The van der Waals surface area contributed by atoms with E-state index in [2.05, 4.69) is 10.6 Å². The summed E-state index contributed by atoms with van der Waals surface area (Å²) in [6.45, 7) is 1.48. The Morgan fingerprint density at radius 2 is 1.90 bits per heavy atom. The molecule has 0 aromatic heterocycles. The summed E-state index contributed by atoms with van der Waals surface area (Å²) in [5.74, 6) is -1.38. The van der Waals surface area contributed by atoms with Gasteiger partial charge in [0, 0.05) is 14.1 Å². The summed E-state index contributed by atoms with van der Waals surface area (Å²) in [5, 5.41) is 13.9. The van der Waals surface area contributed by atoms with Gasteiger partial charge in [0.1, 0.15) is 0 Å². The highest BCUT2D eigenvalue weighted by Crippen LogP contribution is 2.19. The van der Waals surface area contributed by atoms with Gasteiger partial charge in [0.25, 0.3) is 0 Å². The summed E-state index contributed by atoms with van der Waals surface area (Å²) in [6.07, 6.45) is 0. The molecule has 0 aliphatic rings. The van der Waals surface area contributed by atoms with E-state index >= 15 is 0 Å². The summed E-state index contributed by atoms with van der Waals surface area (Å²) in [4.78, 5) is 35.4. The van der Waals surface area contributed by atoms with Gasteiger partial charge in [0.2, 0.25) is 5.91 Å². The Hall–Kier alpha value is -2.57. The van der Waals surface area contributed by atoms with Crippen LogP contribution >= 0.6 is 0 Å². The fourth-order valence-electron chi connectivity index (χ4n) is 1.54.